The highest BCUT2D eigenvalue weighted by Crippen LogP contribution is 2.28. The number of nitrogens with zero attached hydrogens (tertiary/aromatic N) is 6. The third kappa shape index (κ3) is 2.94. The number of hydrogen-bond acceptors (Lipinski definition) is 6. The summed E-state index contributed by atoms with van der Waals surface area (Å²) in [6.07, 6.45) is 6.29. The molecule has 1 aliphatic rings. The number of aromatic nitrogens is 4. The maximum absolute atomic E-state index is 4.70. The fraction of sp³-hybridized carbons (Fsp3) is 0.467. The van der Waals surface area contributed by atoms with E-state index in [0.29, 0.717) is 5.92 Å². The van der Waals surface area contributed by atoms with Crippen LogP contribution in [0.1, 0.15) is 23.9 Å². The molecule has 3 heterocycles. The van der Waals surface area contributed by atoms with Gasteiger partial charge in [0.1, 0.15) is 17.5 Å². The Labute approximate surface area is 124 Å². The molecule has 110 valence electrons. The van der Waals surface area contributed by atoms with Crippen LogP contribution < -0.4 is 9.80 Å². The van der Waals surface area contributed by atoms with Crippen molar-refractivity contribution in [3.05, 3.63) is 36.2 Å². The second kappa shape index (κ2) is 5.63. The van der Waals surface area contributed by atoms with E-state index in [1.54, 1.807) is 12.4 Å². The van der Waals surface area contributed by atoms with E-state index >= 15 is 0 Å². The van der Waals surface area contributed by atoms with Gasteiger partial charge in [-0.3, -0.25) is 4.98 Å². The van der Waals surface area contributed by atoms with E-state index in [1.165, 1.54) is 0 Å². The van der Waals surface area contributed by atoms with E-state index in [0.717, 1.165) is 42.7 Å². The number of anilines is 2. The van der Waals surface area contributed by atoms with Crippen LogP contribution in [0.2, 0.25) is 0 Å². The van der Waals surface area contributed by atoms with Crippen LogP contribution in [0.15, 0.2) is 24.7 Å². The smallest absolute Gasteiger partial charge is 0.147 e. The minimum Gasteiger partial charge on any atom is -0.363 e. The fourth-order valence-electron chi connectivity index (χ4n) is 2.62. The summed E-state index contributed by atoms with van der Waals surface area (Å²) in [5, 5.41) is 0. The van der Waals surface area contributed by atoms with Crippen molar-refractivity contribution in [1.29, 1.82) is 0 Å². The molecule has 3 rings (SSSR count). The van der Waals surface area contributed by atoms with Crippen molar-refractivity contribution in [2.45, 2.75) is 19.3 Å². The predicted molar refractivity (Wildman–Crippen MR) is 82.7 cm³/mol. The molecule has 1 fully saturated rings. The lowest BCUT2D eigenvalue weighted by Gasteiger charge is -2.18. The molecule has 2 aromatic rings. The normalized spacial score (nSPS) is 18.0. The van der Waals surface area contributed by atoms with Gasteiger partial charge in [-0.25, -0.2) is 15.0 Å². The van der Waals surface area contributed by atoms with E-state index < -0.39 is 0 Å². The zero-order chi connectivity index (χ0) is 14.8. The molecular formula is C15H20N6. The van der Waals surface area contributed by atoms with Gasteiger partial charge in [0, 0.05) is 57.3 Å². The number of rotatable bonds is 3. The molecule has 2 aromatic heterocycles. The second-order valence-corrected chi connectivity index (χ2v) is 5.62. The van der Waals surface area contributed by atoms with Crippen molar-refractivity contribution in [3.63, 3.8) is 0 Å². The van der Waals surface area contributed by atoms with Gasteiger partial charge in [0.05, 0.1) is 6.20 Å². The highest BCUT2D eigenvalue weighted by molar-refractivity contribution is 5.40. The highest BCUT2D eigenvalue weighted by Gasteiger charge is 2.27. The van der Waals surface area contributed by atoms with Crippen molar-refractivity contribution in [2.24, 2.45) is 0 Å². The summed E-state index contributed by atoms with van der Waals surface area (Å²) in [5.74, 6) is 3.19. The summed E-state index contributed by atoms with van der Waals surface area (Å²) in [6, 6.07) is 2.01. The average Bonchev–Trinajstić information content (AvgIpc) is 2.97. The Morgan fingerprint density at radius 1 is 1.24 bits per heavy atom. The molecule has 0 spiro atoms. The first-order valence-corrected chi connectivity index (χ1v) is 7.17. The molecule has 0 unspecified atom stereocenters. The Kier molecular flexibility index (Phi) is 3.68. The van der Waals surface area contributed by atoms with Crippen molar-refractivity contribution in [1.82, 2.24) is 19.9 Å². The molecule has 0 saturated carbocycles. The minimum atomic E-state index is 0.352. The Morgan fingerprint density at radius 3 is 2.81 bits per heavy atom. The van der Waals surface area contributed by atoms with Crippen LogP contribution in [0.25, 0.3) is 0 Å². The molecule has 1 aliphatic heterocycles. The topological polar surface area (TPSA) is 58.0 Å². The molecule has 0 aliphatic carbocycles. The summed E-state index contributed by atoms with van der Waals surface area (Å²) < 4.78 is 0. The zero-order valence-corrected chi connectivity index (χ0v) is 12.7. The van der Waals surface area contributed by atoms with Crippen LogP contribution in [-0.4, -0.2) is 47.1 Å². The van der Waals surface area contributed by atoms with E-state index in [4.69, 9.17) is 4.98 Å². The molecule has 0 bridgehead atoms. The first-order chi connectivity index (χ1) is 10.1. The lowest BCUT2D eigenvalue weighted by molar-refractivity contribution is 0.702. The highest BCUT2D eigenvalue weighted by atomic mass is 15.2. The van der Waals surface area contributed by atoms with Gasteiger partial charge in [-0.2, -0.15) is 0 Å². The molecule has 0 aromatic carbocycles. The van der Waals surface area contributed by atoms with Gasteiger partial charge < -0.3 is 9.80 Å². The van der Waals surface area contributed by atoms with Crippen LogP contribution in [-0.2, 0) is 0 Å². The molecule has 1 atom stereocenters. The van der Waals surface area contributed by atoms with Gasteiger partial charge in [0.2, 0.25) is 0 Å². The first-order valence-electron chi connectivity index (χ1n) is 7.17. The van der Waals surface area contributed by atoms with Crippen LogP contribution in [0, 0.1) is 6.92 Å². The molecule has 1 saturated heterocycles. The fourth-order valence-corrected chi connectivity index (χ4v) is 2.62. The van der Waals surface area contributed by atoms with E-state index in [1.807, 2.05) is 38.2 Å². The van der Waals surface area contributed by atoms with Crippen molar-refractivity contribution in [3.8, 4) is 0 Å². The number of hydrogen-bond donors (Lipinski definition) is 0. The van der Waals surface area contributed by atoms with E-state index in [2.05, 4.69) is 19.9 Å². The van der Waals surface area contributed by atoms with E-state index in [9.17, 15) is 0 Å². The first kappa shape index (κ1) is 13.7. The summed E-state index contributed by atoms with van der Waals surface area (Å²) in [5.41, 5.74) is 1.02. The van der Waals surface area contributed by atoms with Crippen LogP contribution in [0.4, 0.5) is 11.6 Å². The summed E-state index contributed by atoms with van der Waals surface area (Å²) in [7, 11) is 4.01. The maximum Gasteiger partial charge on any atom is 0.147 e. The Morgan fingerprint density at radius 2 is 2.10 bits per heavy atom. The second-order valence-electron chi connectivity index (χ2n) is 5.62. The molecule has 0 N–H and O–H groups in total. The van der Waals surface area contributed by atoms with Crippen LogP contribution in [0.3, 0.4) is 0 Å². The van der Waals surface area contributed by atoms with Gasteiger partial charge in [0.15, 0.2) is 0 Å². The minimum absolute atomic E-state index is 0.352. The van der Waals surface area contributed by atoms with Gasteiger partial charge in [-0.1, -0.05) is 0 Å². The molecule has 0 amide bonds. The lowest BCUT2D eigenvalue weighted by Crippen LogP contribution is -2.21. The monoisotopic (exact) mass is 284 g/mol. The largest absolute Gasteiger partial charge is 0.363 e. The third-order valence-electron chi connectivity index (χ3n) is 3.74. The van der Waals surface area contributed by atoms with Crippen molar-refractivity contribution in [2.75, 3.05) is 37.0 Å². The quantitative estimate of drug-likeness (QED) is 0.854. The van der Waals surface area contributed by atoms with Crippen LogP contribution in [0.5, 0.6) is 0 Å². The molecule has 6 heteroatoms. The standard InChI is InChI=1S/C15H20N6/c1-11-8-13(20(2)3)19-15(18-11)12-4-7-21(10-12)14-9-16-5-6-17-14/h5-6,8-9,12H,4,7,10H2,1-3H3/t12-/m0/s1. The Bertz CT molecular complexity index is 613. The molecule has 21 heavy (non-hydrogen) atoms. The lowest BCUT2D eigenvalue weighted by atomic mass is 10.1. The van der Waals surface area contributed by atoms with Gasteiger partial charge in [0.25, 0.3) is 0 Å². The van der Waals surface area contributed by atoms with Gasteiger partial charge >= 0.3 is 0 Å². The van der Waals surface area contributed by atoms with Crippen molar-refractivity contribution >= 4 is 11.6 Å². The number of aryl methyl sites for hydroxylation is 1. The van der Waals surface area contributed by atoms with Crippen LogP contribution >= 0.6 is 0 Å². The molecule has 0 radical (unpaired) electrons. The zero-order valence-electron chi connectivity index (χ0n) is 12.7. The van der Waals surface area contributed by atoms with Crippen molar-refractivity contribution < 1.29 is 0 Å². The van der Waals surface area contributed by atoms with Gasteiger partial charge in [-0.15, -0.1) is 0 Å². The molecular weight excluding hydrogens is 264 g/mol. The Hall–Kier alpha value is -2.24. The third-order valence-corrected chi connectivity index (χ3v) is 3.74. The van der Waals surface area contributed by atoms with Gasteiger partial charge in [-0.05, 0) is 13.3 Å². The summed E-state index contributed by atoms with van der Waals surface area (Å²) in [4.78, 5) is 22.1. The summed E-state index contributed by atoms with van der Waals surface area (Å²) >= 11 is 0. The Balaban J connectivity index is 1.80. The SMILES string of the molecule is Cc1cc(N(C)C)nc([C@H]2CCN(c3cnccn3)C2)n1. The predicted octanol–water partition coefficient (Wildman–Crippen LogP) is 1.63. The molecule has 6 nitrogen and oxygen atoms in total. The maximum atomic E-state index is 4.70. The van der Waals surface area contributed by atoms with E-state index in [-0.39, 0.29) is 0 Å². The average molecular weight is 284 g/mol. The summed E-state index contributed by atoms with van der Waals surface area (Å²) in [6.45, 7) is 3.89.